The number of rotatable bonds is 0. The van der Waals surface area contributed by atoms with Crippen LogP contribution < -0.4 is 10.1 Å². The number of fused-ring (bicyclic) bond motifs is 1. The van der Waals surface area contributed by atoms with E-state index in [4.69, 9.17) is 4.74 Å². The number of para-hydroxylation sites is 1. The molecule has 0 radical (unpaired) electrons. The van der Waals surface area contributed by atoms with Crippen LogP contribution in [0.15, 0.2) is 18.2 Å². The number of aromatic hydroxyl groups is 1. The maximum absolute atomic E-state index is 9.65. The first kappa shape index (κ1) is 8.89. The number of phenols is 1. The SMILES string of the molecule is Oc1cccc2c1NCC1(CCCC1)O2. The largest absolute Gasteiger partial charge is 0.506 e. The van der Waals surface area contributed by atoms with E-state index in [0.29, 0.717) is 0 Å². The van der Waals surface area contributed by atoms with Gasteiger partial charge in [-0.25, -0.2) is 0 Å². The van der Waals surface area contributed by atoms with Crippen LogP contribution in [0.2, 0.25) is 0 Å². The van der Waals surface area contributed by atoms with E-state index in [1.165, 1.54) is 12.8 Å². The van der Waals surface area contributed by atoms with E-state index >= 15 is 0 Å². The molecule has 2 aliphatic rings. The van der Waals surface area contributed by atoms with Crippen molar-refractivity contribution >= 4 is 5.69 Å². The third kappa shape index (κ3) is 1.34. The Labute approximate surface area is 89.1 Å². The third-order valence-electron chi connectivity index (χ3n) is 3.43. The number of nitrogens with one attached hydrogen (secondary N) is 1. The number of ether oxygens (including phenoxy) is 1. The lowest BCUT2D eigenvalue weighted by Gasteiger charge is -2.36. The molecule has 1 aromatic rings. The van der Waals surface area contributed by atoms with Gasteiger partial charge in [-0.2, -0.15) is 0 Å². The first-order chi connectivity index (χ1) is 7.29. The summed E-state index contributed by atoms with van der Waals surface area (Å²) >= 11 is 0. The smallest absolute Gasteiger partial charge is 0.147 e. The fraction of sp³-hybridized carbons (Fsp3) is 0.500. The fourth-order valence-electron chi connectivity index (χ4n) is 2.60. The number of hydrogen-bond donors (Lipinski definition) is 2. The van der Waals surface area contributed by atoms with Gasteiger partial charge in [-0.3, -0.25) is 0 Å². The molecule has 15 heavy (non-hydrogen) atoms. The number of phenolic OH excluding ortho intramolecular Hbond substituents is 1. The van der Waals surface area contributed by atoms with Crippen molar-refractivity contribution in [3.8, 4) is 11.5 Å². The summed E-state index contributed by atoms with van der Waals surface area (Å²) < 4.78 is 6.04. The van der Waals surface area contributed by atoms with Gasteiger partial charge in [-0.05, 0) is 37.8 Å². The zero-order valence-corrected chi connectivity index (χ0v) is 8.62. The summed E-state index contributed by atoms with van der Waals surface area (Å²) in [4.78, 5) is 0. The first-order valence-electron chi connectivity index (χ1n) is 5.54. The monoisotopic (exact) mass is 205 g/mol. The minimum atomic E-state index is -0.0131. The van der Waals surface area contributed by atoms with E-state index in [-0.39, 0.29) is 11.4 Å². The first-order valence-corrected chi connectivity index (χ1v) is 5.54. The van der Waals surface area contributed by atoms with Crippen molar-refractivity contribution in [3.05, 3.63) is 18.2 Å². The normalized spacial score (nSPS) is 21.9. The molecule has 1 saturated carbocycles. The molecule has 1 aliphatic heterocycles. The van der Waals surface area contributed by atoms with Crippen LogP contribution in [0.1, 0.15) is 25.7 Å². The molecule has 1 aromatic carbocycles. The molecular weight excluding hydrogens is 190 g/mol. The van der Waals surface area contributed by atoms with E-state index in [9.17, 15) is 5.11 Å². The zero-order valence-electron chi connectivity index (χ0n) is 8.62. The van der Waals surface area contributed by atoms with Crippen molar-refractivity contribution in [1.29, 1.82) is 0 Å². The summed E-state index contributed by atoms with van der Waals surface area (Å²) in [5, 5.41) is 12.9. The molecule has 1 aliphatic carbocycles. The van der Waals surface area contributed by atoms with E-state index < -0.39 is 0 Å². The fourth-order valence-corrected chi connectivity index (χ4v) is 2.60. The van der Waals surface area contributed by atoms with Gasteiger partial charge < -0.3 is 15.2 Å². The molecule has 1 spiro atoms. The Morgan fingerprint density at radius 2 is 2.07 bits per heavy atom. The third-order valence-corrected chi connectivity index (χ3v) is 3.43. The lowest BCUT2D eigenvalue weighted by molar-refractivity contribution is 0.0825. The minimum absolute atomic E-state index is 0.0131. The molecule has 0 bridgehead atoms. The summed E-state index contributed by atoms with van der Waals surface area (Å²) in [6.07, 6.45) is 4.73. The molecule has 3 nitrogen and oxygen atoms in total. The molecule has 0 saturated heterocycles. The number of hydrogen-bond acceptors (Lipinski definition) is 3. The Morgan fingerprint density at radius 1 is 1.27 bits per heavy atom. The van der Waals surface area contributed by atoms with Crippen molar-refractivity contribution < 1.29 is 9.84 Å². The van der Waals surface area contributed by atoms with Gasteiger partial charge in [0.25, 0.3) is 0 Å². The van der Waals surface area contributed by atoms with Crippen LogP contribution in [0.5, 0.6) is 11.5 Å². The van der Waals surface area contributed by atoms with Crippen LogP contribution in [0.3, 0.4) is 0 Å². The second-order valence-corrected chi connectivity index (χ2v) is 4.50. The summed E-state index contributed by atoms with van der Waals surface area (Å²) in [5.41, 5.74) is 0.732. The Bertz CT molecular complexity index is 383. The summed E-state index contributed by atoms with van der Waals surface area (Å²) in [7, 11) is 0. The minimum Gasteiger partial charge on any atom is -0.506 e. The molecule has 3 heteroatoms. The van der Waals surface area contributed by atoms with Crippen molar-refractivity contribution in [3.63, 3.8) is 0 Å². The van der Waals surface area contributed by atoms with Crippen LogP contribution in [0.25, 0.3) is 0 Å². The average molecular weight is 205 g/mol. The topological polar surface area (TPSA) is 41.5 Å². The van der Waals surface area contributed by atoms with Crippen LogP contribution in [0.4, 0.5) is 5.69 Å². The highest BCUT2D eigenvalue weighted by Crippen LogP contribution is 2.44. The Balaban J connectivity index is 1.96. The van der Waals surface area contributed by atoms with E-state index in [2.05, 4.69) is 5.32 Å². The predicted molar refractivity (Wildman–Crippen MR) is 58.4 cm³/mol. The summed E-state index contributed by atoms with van der Waals surface area (Å²) in [6, 6.07) is 5.42. The van der Waals surface area contributed by atoms with Gasteiger partial charge in [-0.1, -0.05) is 6.07 Å². The Hall–Kier alpha value is -1.38. The van der Waals surface area contributed by atoms with Crippen molar-refractivity contribution in [2.24, 2.45) is 0 Å². The second kappa shape index (κ2) is 3.05. The average Bonchev–Trinajstić information content (AvgIpc) is 2.66. The highest BCUT2D eigenvalue weighted by molar-refractivity contribution is 5.67. The standard InChI is InChI=1S/C12H15NO2/c14-9-4-3-5-10-11(9)13-8-12(15-10)6-1-2-7-12/h3-5,13-14H,1-2,6-8H2. The molecule has 3 rings (SSSR count). The van der Waals surface area contributed by atoms with Gasteiger partial charge in [-0.15, -0.1) is 0 Å². The van der Waals surface area contributed by atoms with Gasteiger partial charge in [0.15, 0.2) is 0 Å². The molecule has 2 N–H and O–H groups in total. The van der Waals surface area contributed by atoms with E-state index in [1.54, 1.807) is 6.07 Å². The molecular formula is C12H15NO2. The van der Waals surface area contributed by atoms with Crippen LogP contribution in [0, 0.1) is 0 Å². The Kier molecular flexibility index (Phi) is 1.81. The second-order valence-electron chi connectivity index (χ2n) is 4.50. The van der Waals surface area contributed by atoms with Crippen LogP contribution in [-0.4, -0.2) is 17.3 Å². The summed E-state index contributed by atoms with van der Waals surface area (Å²) in [6.45, 7) is 0.817. The maximum Gasteiger partial charge on any atom is 0.147 e. The van der Waals surface area contributed by atoms with Crippen LogP contribution in [-0.2, 0) is 0 Å². The zero-order chi connectivity index (χ0) is 10.3. The van der Waals surface area contributed by atoms with Crippen LogP contribution >= 0.6 is 0 Å². The maximum atomic E-state index is 9.65. The lowest BCUT2D eigenvalue weighted by atomic mass is 10.00. The van der Waals surface area contributed by atoms with Gasteiger partial charge in [0.2, 0.25) is 0 Å². The quantitative estimate of drug-likeness (QED) is 0.639. The molecule has 1 fully saturated rings. The molecule has 0 atom stereocenters. The molecule has 0 aromatic heterocycles. The molecule has 0 unspecified atom stereocenters. The van der Waals surface area contributed by atoms with Gasteiger partial charge in [0.05, 0.1) is 6.54 Å². The Morgan fingerprint density at radius 3 is 2.87 bits per heavy atom. The molecule has 80 valence electrons. The molecule has 0 amide bonds. The van der Waals surface area contributed by atoms with Gasteiger partial charge in [0, 0.05) is 0 Å². The van der Waals surface area contributed by atoms with Crippen molar-refractivity contribution in [2.75, 3.05) is 11.9 Å². The number of anilines is 1. The highest BCUT2D eigenvalue weighted by Gasteiger charge is 2.39. The van der Waals surface area contributed by atoms with E-state index in [0.717, 1.165) is 30.8 Å². The summed E-state index contributed by atoms with van der Waals surface area (Å²) in [5.74, 6) is 1.07. The number of benzene rings is 1. The molecule has 1 heterocycles. The van der Waals surface area contributed by atoms with Crippen molar-refractivity contribution in [2.45, 2.75) is 31.3 Å². The van der Waals surface area contributed by atoms with E-state index in [1.807, 2.05) is 12.1 Å². The van der Waals surface area contributed by atoms with Crippen molar-refractivity contribution in [1.82, 2.24) is 0 Å². The van der Waals surface area contributed by atoms with Gasteiger partial charge >= 0.3 is 0 Å². The lowest BCUT2D eigenvalue weighted by Crippen LogP contribution is -2.43. The predicted octanol–water partition coefficient (Wildman–Crippen LogP) is 2.51. The van der Waals surface area contributed by atoms with Gasteiger partial charge in [0.1, 0.15) is 22.8 Å². The highest BCUT2D eigenvalue weighted by atomic mass is 16.5.